The molecule has 0 aliphatic rings. The molecule has 2 rings (SSSR count). The molecule has 29 heavy (non-hydrogen) atoms. The van der Waals surface area contributed by atoms with Crippen molar-refractivity contribution in [1.29, 1.82) is 0 Å². The summed E-state index contributed by atoms with van der Waals surface area (Å²) in [6.45, 7) is 9.16. The Morgan fingerprint density at radius 3 is 2.55 bits per heavy atom. The fraction of sp³-hybridized carbons (Fsp3) is 0.458. The number of aryl methyl sites for hydroxylation is 2. The normalized spacial score (nSPS) is 11.6. The Balaban J connectivity index is 1.84. The number of amides is 1. The van der Waals surface area contributed by atoms with Crippen LogP contribution in [0.2, 0.25) is 0 Å². The minimum atomic E-state index is -0.485. The first-order valence-electron chi connectivity index (χ1n) is 10.3. The number of methoxy groups -OCH3 is 1. The van der Waals surface area contributed by atoms with E-state index in [9.17, 15) is 4.79 Å². The van der Waals surface area contributed by atoms with Gasteiger partial charge in [-0.25, -0.2) is 0 Å². The predicted octanol–water partition coefficient (Wildman–Crippen LogP) is 4.62. The molecule has 1 amide bonds. The summed E-state index contributed by atoms with van der Waals surface area (Å²) in [6.07, 6.45) is 1.82. The van der Waals surface area contributed by atoms with Crippen LogP contribution in [0.3, 0.4) is 0 Å². The van der Waals surface area contributed by atoms with Gasteiger partial charge >= 0.3 is 0 Å². The highest BCUT2D eigenvalue weighted by Crippen LogP contribution is 2.28. The molecule has 2 aromatic carbocycles. The Morgan fingerprint density at radius 1 is 1.07 bits per heavy atom. The molecule has 1 atom stereocenters. The van der Waals surface area contributed by atoms with Gasteiger partial charge in [0.05, 0.1) is 13.7 Å². The summed E-state index contributed by atoms with van der Waals surface area (Å²) in [4.78, 5) is 12.5. The molecule has 0 bridgehead atoms. The zero-order valence-corrected chi connectivity index (χ0v) is 18.2. The highest BCUT2D eigenvalue weighted by molar-refractivity contribution is 5.81. The molecule has 0 saturated heterocycles. The van der Waals surface area contributed by atoms with Gasteiger partial charge in [-0.05, 0) is 74.9 Å². The van der Waals surface area contributed by atoms with Crippen molar-refractivity contribution in [3.63, 3.8) is 0 Å². The molecule has 2 aromatic rings. The summed E-state index contributed by atoms with van der Waals surface area (Å²) < 4.78 is 16.9. The number of rotatable bonds is 11. The first-order chi connectivity index (χ1) is 14.0. The lowest BCUT2D eigenvalue weighted by Gasteiger charge is -2.19. The van der Waals surface area contributed by atoms with E-state index < -0.39 is 6.10 Å². The fourth-order valence-electron chi connectivity index (χ4n) is 3.09. The standard InChI is InChI=1S/C24H33NO4/c1-6-20(29-21-12-8-10-17(3)18(21)4)24(26)25-15-9-11-19-13-14-22(28-7-2)23(16-19)27-5/h8,10,12-14,16,20H,6-7,9,11,15H2,1-5H3,(H,25,26)/t20-/m1/s1. The van der Waals surface area contributed by atoms with E-state index in [1.165, 1.54) is 0 Å². The smallest absolute Gasteiger partial charge is 0.261 e. The van der Waals surface area contributed by atoms with Gasteiger partial charge in [0.25, 0.3) is 5.91 Å². The molecule has 5 nitrogen and oxygen atoms in total. The molecule has 0 saturated carbocycles. The fourth-order valence-corrected chi connectivity index (χ4v) is 3.09. The summed E-state index contributed by atoms with van der Waals surface area (Å²) >= 11 is 0. The third-order valence-corrected chi connectivity index (χ3v) is 4.96. The van der Waals surface area contributed by atoms with Crippen LogP contribution in [-0.2, 0) is 11.2 Å². The summed E-state index contributed by atoms with van der Waals surface area (Å²) in [5, 5.41) is 3.00. The van der Waals surface area contributed by atoms with E-state index in [1.807, 2.05) is 64.1 Å². The minimum Gasteiger partial charge on any atom is -0.493 e. The van der Waals surface area contributed by atoms with Crippen molar-refractivity contribution < 1.29 is 19.0 Å². The Hall–Kier alpha value is -2.69. The van der Waals surface area contributed by atoms with Gasteiger partial charge in [0.1, 0.15) is 5.75 Å². The van der Waals surface area contributed by atoms with E-state index in [2.05, 4.69) is 5.32 Å². The molecule has 1 N–H and O–H groups in total. The Morgan fingerprint density at radius 2 is 1.86 bits per heavy atom. The zero-order valence-electron chi connectivity index (χ0n) is 18.2. The topological polar surface area (TPSA) is 56.8 Å². The van der Waals surface area contributed by atoms with Gasteiger partial charge in [-0.15, -0.1) is 0 Å². The summed E-state index contributed by atoms with van der Waals surface area (Å²) in [5.74, 6) is 2.19. The van der Waals surface area contributed by atoms with E-state index in [0.29, 0.717) is 19.6 Å². The van der Waals surface area contributed by atoms with Crippen molar-refractivity contribution in [2.75, 3.05) is 20.3 Å². The summed E-state index contributed by atoms with van der Waals surface area (Å²) in [6, 6.07) is 11.9. The average molecular weight is 400 g/mol. The van der Waals surface area contributed by atoms with Gasteiger partial charge in [-0.2, -0.15) is 0 Å². The maximum Gasteiger partial charge on any atom is 0.261 e. The number of carbonyl (C=O) groups excluding carboxylic acids is 1. The highest BCUT2D eigenvalue weighted by atomic mass is 16.5. The lowest BCUT2D eigenvalue weighted by molar-refractivity contribution is -0.128. The van der Waals surface area contributed by atoms with Crippen molar-refractivity contribution in [1.82, 2.24) is 5.32 Å². The Bertz CT molecular complexity index is 803. The first-order valence-corrected chi connectivity index (χ1v) is 10.3. The second-order valence-electron chi connectivity index (χ2n) is 7.03. The highest BCUT2D eigenvalue weighted by Gasteiger charge is 2.19. The molecule has 0 heterocycles. The van der Waals surface area contributed by atoms with Gasteiger partial charge < -0.3 is 19.5 Å². The van der Waals surface area contributed by atoms with Gasteiger partial charge in [-0.1, -0.05) is 25.1 Å². The molecule has 0 aliphatic carbocycles. The van der Waals surface area contributed by atoms with Crippen molar-refractivity contribution in [2.45, 2.75) is 53.1 Å². The summed E-state index contributed by atoms with van der Waals surface area (Å²) in [5.41, 5.74) is 3.38. The van der Waals surface area contributed by atoms with Crippen molar-refractivity contribution in [3.05, 3.63) is 53.1 Å². The molecular weight excluding hydrogens is 366 g/mol. The second-order valence-corrected chi connectivity index (χ2v) is 7.03. The van der Waals surface area contributed by atoms with Crippen LogP contribution in [0.1, 0.15) is 43.4 Å². The molecule has 0 unspecified atom stereocenters. The molecule has 5 heteroatoms. The SMILES string of the molecule is CCOc1ccc(CCCNC(=O)[C@@H](CC)Oc2cccc(C)c2C)cc1OC. The predicted molar refractivity (Wildman–Crippen MR) is 116 cm³/mol. The van der Waals surface area contributed by atoms with Crippen molar-refractivity contribution in [2.24, 2.45) is 0 Å². The average Bonchev–Trinajstić information content (AvgIpc) is 2.73. The van der Waals surface area contributed by atoms with E-state index in [-0.39, 0.29) is 5.91 Å². The third-order valence-electron chi connectivity index (χ3n) is 4.96. The molecule has 158 valence electrons. The molecule has 0 aromatic heterocycles. The molecule has 0 fully saturated rings. The Kier molecular flexibility index (Phi) is 8.84. The number of hydrogen-bond acceptors (Lipinski definition) is 4. The lowest BCUT2D eigenvalue weighted by atomic mass is 10.1. The minimum absolute atomic E-state index is 0.0716. The van der Waals surface area contributed by atoms with Gasteiger partial charge in [0.15, 0.2) is 17.6 Å². The van der Waals surface area contributed by atoms with Crippen LogP contribution in [0.5, 0.6) is 17.2 Å². The van der Waals surface area contributed by atoms with Crippen LogP contribution in [0, 0.1) is 13.8 Å². The number of ether oxygens (including phenoxy) is 3. The van der Waals surface area contributed by atoms with E-state index >= 15 is 0 Å². The Labute approximate surface area is 174 Å². The number of carbonyl (C=O) groups is 1. The molecule has 0 radical (unpaired) electrons. The number of hydrogen-bond donors (Lipinski definition) is 1. The number of benzene rings is 2. The first kappa shape index (κ1) is 22.6. The molecule has 0 aliphatic heterocycles. The molecule has 0 spiro atoms. The van der Waals surface area contributed by atoms with E-state index in [4.69, 9.17) is 14.2 Å². The van der Waals surface area contributed by atoms with Crippen LogP contribution in [0.15, 0.2) is 36.4 Å². The quantitative estimate of drug-likeness (QED) is 0.560. The maximum atomic E-state index is 12.5. The van der Waals surface area contributed by atoms with Gasteiger partial charge in [0, 0.05) is 6.54 Å². The second kappa shape index (κ2) is 11.3. The maximum absolute atomic E-state index is 12.5. The lowest BCUT2D eigenvalue weighted by Crippen LogP contribution is -2.38. The monoisotopic (exact) mass is 399 g/mol. The largest absolute Gasteiger partial charge is 0.493 e. The van der Waals surface area contributed by atoms with Gasteiger partial charge in [0.2, 0.25) is 0 Å². The number of nitrogens with one attached hydrogen (secondary N) is 1. The third kappa shape index (κ3) is 6.41. The van der Waals surface area contributed by atoms with Crippen LogP contribution in [-0.4, -0.2) is 32.3 Å². The van der Waals surface area contributed by atoms with Crippen molar-refractivity contribution >= 4 is 5.91 Å². The summed E-state index contributed by atoms with van der Waals surface area (Å²) in [7, 11) is 1.64. The van der Waals surface area contributed by atoms with Gasteiger partial charge in [-0.3, -0.25) is 4.79 Å². The van der Waals surface area contributed by atoms with E-state index in [0.717, 1.165) is 46.8 Å². The van der Waals surface area contributed by atoms with Crippen LogP contribution >= 0.6 is 0 Å². The molecular formula is C24H33NO4. The van der Waals surface area contributed by atoms with E-state index in [1.54, 1.807) is 7.11 Å². The van der Waals surface area contributed by atoms with Crippen molar-refractivity contribution in [3.8, 4) is 17.2 Å². The zero-order chi connectivity index (χ0) is 21.2. The van der Waals surface area contributed by atoms with Crippen LogP contribution < -0.4 is 19.5 Å². The van der Waals surface area contributed by atoms with Crippen LogP contribution in [0.25, 0.3) is 0 Å². The van der Waals surface area contributed by atoms with Crippen LogP contribution in [0.4, 0.5) is 0 Å².